The van der Waals surface area contributed by atoms with Crippen LogP contribution in [0.5, 0.6) is 5.75 Å². The van der Waals surface area contributed by atoms with Crippen LogP contribution >= 0.6 is 0 Å². The van der Waals surface area contributed by atoms with Crippen molar-refractivity contribution in [1.29, 1.82) is 5.26 Å². The zero-order valence-corrected chi connectivity index (χ0v) is 11.3. The van der Waals surface area contributed by atoms with E-state index in [4.69, 9.17) is 14.4 Å². The summed E-state index contributed by atoms with van der Waals surface area (Å²) in [5.74, 6) is -0.421. The maximum atomic E-state index is 13.4. The van der Waals surface area contributed by atoms with Gasteiger partial charge in [-0.2, -0.15) is 5.26 Å². The van der Waals surface area contributed by atoms with Gasteiger partial charge < -0.3 is 14.5 Å². The number of carbonyl (C=O) groups is 1. The summed E-state index contributed by atoms with van der Waals surface area (Å²) >= 11 is 0. The van der Waals surface area contributed by atoms with Gasteiger partial charge in [0.1, 0.15) is 29.0 Å². The van der Waals surface area contributed by atoms with Crippen molar-refractivity contribution in [3.05, 3.63) is 53.7 Å². The Kier molecular flexibility index (Phi) is 4.57. The molecule has 0 saturated carbocycles. The topological polar surface area (TPSA) is 75.3 Å². The van der Waals surface area contributed by atoms with Crippen LogP contribution in [0.4, 0.5) is 4.39 Å². The highest BCUT2D eigenvalue weighted by Gasteiger charge is 2.18. The van der Waals surface area contributed by atoms with Gasteiger partial charge in [-0.3, -0.25) is 4.79 Å². The molecule has 0 aliphatic rings. The molecule has 1 atom stereocenters. The number of hydrogen-bond donors (Lipinski definition) is 1. The number of furan rings is 1. The fraction of sp³-hybridized carbons (Fsp3) is 0.200. The van der Waals surface area contributed by atoms with Crippen LogP contribution in [0, 0.1) is 17.1 Å². The SMILES string of the molecule is CC(Oc1cccc(F)c1C#N)C(=O)NCc1ccco1. The maximum absolute atomic E-state index is 13.4. The predicted octanol–water partition coefficient (Wildman–Crippen LogP) is 2.37. The molecule has 2 aromatic rings. The van der Waals surface area contributed by atoms with E-state index in [0.29, 0.717) is 5.76 Å². The Balaban J connectivity index is 1.98. The maximum Gasteiger partial charge on any atom is 0.261 e. The van der Waals surface area contributed by atoms with Crippen LogP contribution in [0.1, 0.15) is 18.2 Å². The van der Waals surface area contributed by atoms with E-state index in [1.165, 1.54) is 25.3 Å². The number of amides is 1. The van der Waals surface area contributed by atoms with Gasteiger partial charge in [-0.25, -0.2) is 4.39 Å². The standard InChI is InChI=1S/C15H13FN2O3/c1-10(15(19)18-9-11-4-3-7-20-11)21-14-6-2-5-13(16)12(14)8-17/h2-7,10H,9H2,1H3,(H,18,19). The van der Waals surface area contributed by atoms with Crippen LogP contribution in [-0.2, 0) is 11.3 Å². The van der Waals surface area contributed by atoms with Crippen LogP contribution in [-0.4, -0.2) is 12.0 Å². The van der Waals surface area contributed by atoms with Gasteiger partial charge in [0.25, 0.3) is 5.91 Å². The lowest BCUT2D eigenvalue weighted by atomic mass is 10.2. The first-order valence-corrected chi connectivity index (χ1v) is 6.27. The van der Waals surface area contributed by atoms with Gasteiger partial charge in [0, 0.05) is 0 Å². The molecule has 1 amide bonds. The minimum Gasteiger partial charge on any atom is -0.479 e. The molecule has 5 nitrogen and oxygen atoms in total. The highest BCUT2D eigenvalue weighted by atomic mass is 19.1. The molecular formula is C15H13FN2O3. The van der Waals surface area contributed by atoms with Crippen molar-refractivity contribution >= 4 is 5.91 Å². The van der Waals surface area contributed by atoms with Gasteiger partial charge in [-0.15, -0.1) is 0 Å². The number of halogens is 1. The second-order valence-electron chi connectivity index (χ2n) is 4.28. The summed E-state index contributed by atoms with van der Waals surface area (Å²) in [5, 5.41) is 11.5. The zero-order chi connectivity index (χ0) is 15.2. The Labute approximate surface area is 120 Å². The minimum atomic E-state index is -0.867. The Morgan fingerprint density at radius 2 is 2.29 bits per heavy atom. The molecule has 0 saturated heterocycles. The quantitative estimate of drug-likeness (QED) is 0.916. The molecular weight excluding hydrogens is 275 g/mol. The van der Waals surface area contributed by atoms with E-state index < -0.39 is 11.9 Å². The van der Waals surface area contributed by atoms with Crippen LogP contribution in [0.3, 0.4) is 0 Å². The van der Waals surface area contributed by atoms with Crippen molar-refractivity contribution in [3.8, 4) is 11.8 Å². The summed E-state index contributed by atoms with van der Waals surface area (Å²) in [4.78, 5) is 11.9. The van der Waals surface area contributed by atoms with Crippen molar-refractivity contribution in [2.24, 2.45) is 0 Å². The molecule has 1 aromatic heterocycles. The molecule has 0 fully saturated rings. The molecule has 1 heterocycles. The smallest absolute Gasteiger partial charge is 0.261 e. The Morgan fingerprint density at radius 3 is 2.95 bits per heavy atom. The summed E-state index contributed by atoms with van der Waals surface area (Å²) in [6, 6.07) is 9.18. The number of ether oxygens (including phenoxy) is 1. The van der Waals surface area contributed by atoms with Crippen LogP contribution < -0.4 is 10.1 Å². The van der Waals surface area contributed by atoms with Crippen molar-refractivity contribution in [3.63, 3.8) is 0 Å². The third-order valence-electron chi connectivity index (χ3n) is 2.78. The molecule has 2 rings (SSSR count). The first-order chi connectivity index (χ1) is 10.1. The number of rotatable bonds is 5. The third kappa shape index (κ3) is 3.60. The van der Waals surface area contributed by atoms with Gasteiger partial charge in [0.2, 0.25) is 0 Å². The summed E-state index contributed by atoms with van der Waals surface area (Å²) in [5.41, 5.74) is -0.219. The summed E-state index contributed by atoms with van der Waals surface area (Å²) in [6.45, 7) is 1.75. The van der Waals surface area contributed by atoms with Gasteiger partial charge >= 0.3 is 0 Å². The molecule has 0 spiro atoms. The highest BCUT2D eigenvalue weighted by Crippen LogP contribution is 2.21. The average molecular weight is 288 g/mol. The number of nitrogens with zero attached hydrogens (tertiary/aromatic N) is 1. The van der Waals surface area contributed by atoms with Gasteiger partial charge in [-0.1, -0.05) is 6.07 Å². The number of hydrogen-bond acceptors (Lipinski definition) is 4. The second-order valence-corrected chi connectivity index (χ2v) is 4.28. The number of benzene rings is 1. The first kappa shape index (κ1) is 14.6. The van der Waals surface area contributed by atoms with E-state index in [1.807, 2.05) is 0 Å². The Hall–Kier alpha value is -2.81. The van der Waals surface area contributed by atoms with Crippen molar-refractivity contribution in [2.45, 2.75) is 19.6 Å². The molecule has 21 heavy (non-hydrogen) atoms. The number of carbonyl (C=O) groups excluding carboxylic acids is 1. The molecule has 6 heteroatoms. The second kappa shape index (κ2) is 6.57. The van der Waals surface area contributed by atoms with E-state index in [2.05, 4.69) is 5.32 Å². The lowest BCUT2D eigenvalue weighted by Gasteiger charge is -2.15. The monoisotopic (exact) mass is 288 g/mol. The number of nitriles is 1. The Bertz CT molecular complexity index is 662. The predicted molar refractivity (Wildman–Crippen MR) is 71.8 cm³/mol. The molecule has 0 radical (unpaired) electrons. The third-order valence-corrected chi connectivity index (χ3v) is 2.78. The lowest BCUT2D eigenvalue weighted by Crippen LogP contribution is -2.36. The molecule has 108 valence electrons. The van der Waals surface area contributed by atoms with Gasteiger partial charge in [0.15, 0.2) is 6.10 Å². The van der Waals surface area contributed by atoms with E-state index in [1.54, 1.807) is 18.2 Å². The average Bonchev–Trinajstić information content (AvgIpc) is 2.98. The van der Waals surface area contributed by atoms with Crippen molar-refractivity contribution in [2.75, 3.05) is 0 Å². The molecule has 0 aliphatic carbocycles. The zero-order valence-electron chi connectivity index (χ0n) is 11.3. The van der Waals surface area contributed by atoms with E-state index in [-0.39, 0.29) is 23.8 Å². The highest BCUT2D eigenvalue weighted by molar-refractivity contribution is 5.80. The van der Waals surface area contributed by atoms with E-state index in [0.717, 1.165) is 6.07 Å². The molecule has 1 unspecified atom stereocenters. The van der Waals surface area contributed by atoms with Crippen molar-refractivity contribution < 1.29 is 18.3 Å². The van der Waals surface area contributed by atoms with Crippen LogP contribution in [0.15, 0.2) is 41.0 Å². The van der Waals surface area contributed by atoms with Gasteiger partial charge in [0.05, 0.1) is 12.8 Å². The fourth-order valence-corrected chi connectivity index (χ4v) is 1.69. The van der Waals surface area contributed by atoms with E-state index >= 15 is 0 Å². The van der Waals surface area contributed by atoms with E-state index in [9.17, 15) is 9.18 Å². The lowest BCUT2D eigenvalue weighted by molar-refractivity contribution is -0.127. The molecule has 1 N–H and O–H groups in total. The van der Waals surface area contributed by atoms with Gasteiger partial charge in [-0.05, 0) is 31.2 Å². The fourth-order valence-electron chi connectivity index (χ4n) is 1.69. The summed E-state index contributed by atoms with van der Waals surface area (Å²) in [6.07, 6.45) is 0.641. The van der Waals surface area contributed by atoms with Crippen molar-refractivity contribution in [1.82, 2.24) is 5.32 Å². The molecule has 1 aromatic carbocycles. The minimum absolute atomic E-state index is 0.0400. The van der Waals surface area contributed by atoms with Crippen LogP contribution in [0.25, 0.3) is 0 Å². The summed E-state index contributed by atoms with van der Waals surface area (Å²) < 4.78 is 23.9. The van der Waals surface area contributed by atoms with Crippen LogP contribution in [0.2, 0.25) is 0 Å². The first-order valence-electron chi connectivity index (χ1n) is 6.27. The molecule has 0 aliphatic heterocycles. The summed E-state index contributed by atoms with van der Waals surface area (Å²) in [7, 11) is 0. The Morgan fingerprint density at radius 1 is 1.48 bits per heavy atom. The normalized spacial score (nSPS) is 11.5. The molecule has 0 bridgehead atoms. The number of nitrogens with one attached hydrogen (secondary N) is 1. The largest absolute Gasteiger partial charge is 0.479 e.